The molecule has 1 aliphatic rings. The van der Waals surface area contributed by atoms with Gasteiger partial charge in [-0.3, -0.25) is 14.2 Å². The Balaban J connectivity index is 1.38. The molecule has 0 bridgehead atoms. The summed E-state index contributed by atoms with van der Waals surface area (Å²) in [5.41, 5.74) is 5.99. The average molecular weight is 469 g/mol. The predicted octanol–water partition coefficient (Wildman–Crippen LogP) is 5.01. The summed E-state index contributed by atoms with van der Waals surface area (Å²) < 4.78 is 7.76. The van der Waals surface area contributed by atoms with Crippen molar-refractivity contribution in [1.82, 2.24) is 4.57 Å². The Morgan fingerprint density at radius 1 is 1.03 bits per heavy atom. The number of carboxylic acid groups (broad SMARTS) is 1. The first kappa shape index (κ1) is 22.7. The van der Waals surface area contributed by atoms with E-state index in [9.17, 15) is 14.7 Å². The van der Waals surface area contributed by atoms with Gasteiger partial charge in [-0.1, -0.05) is 36.4 Å². The van der Waals surface area contributed by atoms with Gasteiger partial charge in [0.05, 0.1) is 18.0 Å². The average Bonchev–Trinajstić information content (AvgIpc) is 3.31. The molecule has 2 heterocycles. The molecule has 6 heteroatoms. The number of benzene rings is 3. The molecule has 0 fully saturated rings. The van der Waals surface area contributed by atoms with Crippen LogP contribution in [0.15, 0.2) is 66.7 Å². The molecule has 0 amide bonds. The summed E-state index contributed by atoms with van der Waals surface area (Å²) in [7, 11) is 2.09. The van der Waals surface area contributed by atoms with E-state index < -0.39 is 5.97 Å². The van der Waals surface area contributed by atoms with E-state index in [2.05, 4.69) is 36.2 Å². The third-order valence-electron chi connectivity index (χ3n) is 7.02. The van der Waals surface area contributed by atoms with Crippen molar-refractivity contribution in [2.45, 2.75) is 32.7 Å². The summed E-state index contributed by atoms with van der Waals surface area (Å²) in [4.78, 5) is 27.3. The van der Waals surface area contributed by atoms with Crippen molar-refractivity contribution in [3.05, 3.63) is 94.7 Å². The highest BCUT2D eigenvalue weighted by Crippen LogP contribution is 2.31. The van der Waals surface area contributed by atoms with Gasteiger partial charge in [0.15, 0.2) is 0 Å². The maximum atomic E-state index is 13.6. The molecule has 0 saturated carbocycles. The lowest BCUT2D eigenvalue weighted by Crippen LogP contribution is -2.33. The molecule has 35 heavy (non-hydrogen) atoms. The normalized spacial score (nSPS) is 14.8. The summed E-state index contributed by atoms with van der Waals surface area (Å²) in [6.07, 6.45) is 0.818. The number of hydrogen-bond donors (Lipinski definition) is 1. The smallest absolute Gasteiger partial charge is 0.307 e. The predicted molar refractivity (Wildman–Crippen MR) is 137 cm³/mol. The number of aromatic nitrogens is 1. The number of carboxylic acids is 1. The molecule has 6 nitrogen and oxygen atoms in total. The number of hydrogen-bond acceptors (Lipinski definition) is 4. The molecule has 0 radical (unpaired) electrons. The minimum Gasteiger partial charge on any atom is -0.491 e. The molecule has 3 aromatic carbocycles. The van der Waals surface area contributed by atoms with Gasteiger partial charge in [-0.2, -0.15) is 0 Å². The number of likely N-dealkylation sites (N-methyl/N-ethyl adjacent to an activating group) is 1. The van der Waals surface area contributed by atoms with E-state index in [1.807, 2.05) is 43.3 Å². The van der Waals surface area contributed by atoms with E-state index in [0.717, 1.165) is 28.6 Å². The van der Waals surface area contributed by atoms with Crippen molar-refractivity contribution in [2.24, 2.45) is 0 Å². The van der Waals surface area contributed by atoms with Crippen molar-refractivity contribution in [2.75, 3.05) is 18.6 Å². The summed E-state index contributed by atoms with van der Waals surface area (Å²) in [5.74, 6) is -0.369. The standard InChI is InChI=1S/C29H28N2O4/c1-18-14-22(35-17-21-15-20-8-4-6-10-26(20)30(21)3)12-13-23(18)29(34)31-19(2)25(16-28(32)33)24-9-5-7-11-27(24)31/h4-14,21H,15-17H2,1-3H3,(H,32,33). The topological polar surface area (TPSA) is 71.8 Å². The molecule has 0 spiro atoms. The summed E-state index contributed by atoms with van der Waals surface area (Å²) in [6, 6.07) is 21.6. The molecule has 178 valence electrons. The van der Waals surface area contributed by atoms with Gasteiger partial charge in [-0.25, -0.2) is 0 Å². The molecule has 4 aromatic rings. The van der Waals surface area contributed by atoms with E-state index in [-0.39, 0.29) is 18.4 Å². The van der Waals surface area contributed by atoms with Gasteiger partial charge >= 0.3 is 5.97 Å². The molecule has 0 aliphatic carbocycles. The van der Waals surface area contributed by atoms with Gasteiger partial charge < -0.3 is 14.7 Å². The van der Waals surface area contributed by atoms with Crippen LogP contribution in [0, 0.1) is 13.8 Å². The Morgan fingerprint density at radius 2 is 1.77 bits per heavy atom. The SMILES string of the molecule is Cc1cc(OCC2Cc3ccccc3N2C)ccc1C(=O)n1c(C)c(CC(=O)O)c2ccccc21. The molecule has 1 N–H and O–H groups in total. The molecule has 1 aromatic heterocycles. The molecule has 0 saturated heterocycles. The number of nitrogens with zero attached hydrogens (tertiary/aromatic N) is 2. The number of carbonyl (C=O) groups excluding carboxylic acids is 1. The van der Waals surface area contributed by atoms with Gasteiger partial charge in [-0.05, 0) is 67.3 Å². The van der Waals surface area contributed by atoms with Crippen LogP contribution < -0.4 is 9.64 Å². The van der Waals surface area contributed by atoms with E-state index >= 15 is 0 Å². The molecular weight excluding hydrogens is 440 g/mol. The second-order valence-electron chi connectivity index (χ2n) is 9.18. The van der Waals surface area contributed by atoms with Crippen LogP contribution in [0.3, 0.4) is 0 Å². The van der Waals surface area contributed by atoms with E-state index in [4.69, 9.17) is 4.74 Å². The molecule has 5 rings (SSSR count). The van der Waals surface area contributed by atoms with Crippen LogP contribution in [0.5, 0.6) is 5.75 Å². The minimum absolute atomic E-state index is 0.127. The Kier molecular flexibility index (Phi) is 5.81. The fourth-order valence-electron chi connectivity index (χ4n) is 5.13. The summed E-state index contributed by atoms with van der Waals surface area (Å²) >= 11 is 0. The fourth-order valence-corrected chi connectivity index (χ4v) is 5.13. The zero-order chi connectivity index (χ0) is 24.7. The Labute approximate surface area is 204 Å². The van der Waals surface area contributed by atoms with Crippen molar-refractivity contribution in [3.63, 3.8) is 0 Å². The highest BCUT2D eigenvalue weighted by atomic mass is 16.5. The number of carbonyl (C=O) groups is 2. The van der Waals surface area contributed by atoms with Gasteiger partial charge in [0, 0.05) is 29.4 Å². The van der Waals surface area contributed by atoms with Crippen LogP contribution in [0.2, 0.25) is 0 Å². The van der Waals surface area contributed by atoms with Gasteiger partial charge in [0.25, 0.3) is 5.91 Å². The van der Waals surface area contributed by atoms with Crippen LogP contribution in [0.4, 0.5) is 5.69 Å². The third-order valence-corrected chi connectivity index (χ3v) is 7.02. The number of fused-ring (bicyclic) bond motifs is 2. The highest BCUT2D eigenvalue weighted by Gasteiger charge is 2.27. The number of ether oxygens (including phenoxy) is 1. The number of aryl methyl sites for hydroxylation is 1. The van der Waals surface area contributed by atoms with Crippen LogP contribution in [0.25, 0.3) is 10.9 Å². The number of para-hydroxylation sites is 2. The van der Waals surface area contributed by atoms with Crippen LogP contribution in [-0.4, -0.2) is 41.2 Å². The number of anilines is 1. The Bertz CT molecular complexity index is 1450. The van der Waals surface area contributed by atoms with E-state index in [0.29, 0.717) is 23.4 Å². The first-order chi connectivity index (χ1) is 16.8. The number of rotatable bonds is 6. The Morgan fingerprint density at radius 3 is 2.51 bits per heavy atom. The van der Waals surface area contributed by atoms with E-state index in [1.54, 1.807) is 17.6 Å². The van der Waals surface area contributed by atoms with Crippen LogP contribution in [-0.2, 0) is 17.6 Å². The van der Waals surface area contributed by atoms with Gasteiger partial charge in [0.2, 0.25) is 0 Å². The zero-order valence-electron chi connectivity index (χ0n) is 20.1. The summed E-state index contributed by atoms with van der Waals surface area (Å²) in [5, 5.41) is 10.2. The minimum atomic E-state index is -0.919. The monoisotopic (exact) mass is 468 g/mol. The van der Waals surface area contributed by atoms with Gasteiger partial charge in [0.1, 0.15) is 12.4 Å². The lowest BCUT2D eigenvalue weighted by Gasteiger charge is -2.23. The molecule has 1 unspecified atom stereocenters. The second kappa shape index (κ2) is 8.95. The quantitative estimate of drug-likeness (QED) is 0.431. The Hall–Kier alpha value is -4.06. The van der Waals surface area contributed by atoms with Crippen LogP contribution in [0.1, 0.15) is 32.7 Å². The van der Waals surface area contributed by atoms with Crippen LogP contribution >= 0.6 is 0 Å². The summed E-state index contributed by atoms with van der Waals surface area (Å²) in [6.45, 7) is 4.26. The zero-order valence-corrected chi connectivity index (χ0v) is 20.1. The van der Waals surface area contributed by atoms with Crippen molar-refractivity contribution in [3.8, 4) is 5.75 Å². The fraction of sp³-hybridized carbons (Fsp3) is 0.241. The lowest BCUT2D eigenvalue weighted by atomic mass is 10.1. The maximum Gasteiger partial charge on any atom is 0.307 e. The van der Waals surface area contributed by atoms with Crippen molar-refractivity contribution in [1.29, 1.82) is 0 Å². The van der Waals surface area contributed by atoms with Gasteiger partial charge in [-0.15, -0.1) is 0 Å². The maximum absolute atomic E-state index is 13.6. The molecule has 1 atom stereocenters. The molecular formula is C29H28N2O4. The first-order valence-corrected chi connectivity index (χ1v) is 11.7. The molecule has 1 aliphatic heterocycles. The van der Waals surface area contributed by atoms with Crippen molar-refractivity contribution < 1.29 is 19.4 Å². The largest absolute Gasteiger partial charge is 0.491 e. The van der Waals surface area contributed by atoms with E-state index in [1.165, 1.54) is 11.3 Å². The third kappa shape index (κ3) is 4.05. The number of aliphatic carboxylic acids is 1. The highest BCUT2D eigenvalue weighted by molar-refractivity contribution is 6.05. The first-order valence-electron chi connectivity index (χ1n) is 11.7. The second-order valence-corrected chi connectivity index (χ2v) is 9.18. The van der Waals surface area contributed by atoms with Crippen molar-refractivity contribution >= 4 is 28.5 Å². The lowest BCUT2D eigenvalue weighted by molar-refractivity contribution is -0.136.